The van der Waals surface area contributed by atoms with Crippen LogP contribution in [-0.2, 0) is 12.8 Å². The van der Waals surface area contributed by atoms with E-state index in [0.717, 1.165) is 0 Å². The van der Waals surface area contributed by atoms with E-state index >= 15 is 0 Å². The van der Waals surface area contributed by atoms with E-state index in [-0.39, 0.29) is 0 Å². The number of fused-ring (bicyclic) bond motifs is 1. The lowest BCUT2D eigenvalue weighted by Crippen LogP contribution is -2.16. The summed E-state index contributed by atoms with van der Waals surface area (Å²) in [5.41, 5.74) is 7.90. The molecule has 0 unspecified atom stereocenters. The Bertz CT molecular complexity index is 1030. The van der Waals surface area contributed by atoms with Crippen molar-refractivity contribution in [2.75, 3.05) is 0 Å². The van der Waals surface area contributed by atoms with E-state index < -0.39 is 0 Å². The Morgan fingerprint density at radius 2 is 1.60 bits per heavy atom. The third-order valence-corrected chi connectivity index (χ3v) is 5.61. The maximum Gasteiger partial charge on any atom is -0.00178 e. The van der Waals surface area contributed by atoms with Crippen LogP contribution in [0.15, 0.2) is 24.3 Å². The van der Waals surface area contributed by atoms with Crippen molar-refractivity contribution in [2.24, 2.45) is 0 Å². The fourth-order valence-corrected chi connectivity index (χ4v) is 4.78. The summed E-state index contributed by atoms with van der Waals surface area (Å²) in [6.07, 6.45) is 9.74. The minimum absolute atomic E-state index is 1.24. The van der Waals surface area contributed by atoms with Gasteiger partial charge < -0.3 is 0 Å². The van der Waals surface area contributed by atoms with Crippen LogP contribution in [0.25, 0.3) is 39.3 Å². The molecule has 0 bridgehead atoms. The molecule has 3 aromatic rings. The van der Waals surface area contributed by atoms with E-state index in [1.54, 1.807) is 27.3 Å². The molecule has 20 heavy (non-hydrogen) atoms. The molecule has 0 aromatic heterocycles. The zero-order valence-corrected chi connectivity index (χ0v) is 11.3. The van der Waals surface area contributed by atoms with Gasteiger partial charge in [0.05, 0.1) is 0 Å². The maximum absolute atomic E-state index is 2.37. The van der Waals surface area contributed by atoms with Gasteiger partial charge in [0.2, 0.25) is 0 Å². The van der Waals surface area contributed by atoms with Gasteiger partial charge in [0.25, 0.3) is 0 Å². The fraction of sp³-hybridized carbons (Fsp3) is 0.200. The van der Waals surface area contributed by atoms with Crippen molar-refractivity contribution < 1.29 is 0 Å². The number of benzene rings is 3. The van der Waals surface area contributed by atoms with Crippen molar-refractivity contribution in [3.8, 4) is 0 Å². The molecule has 0 saturated carbocycles. The first kappa shape index (κ1) is 9.77. The maximum atomic E-state index is 2.37. The minimum Gasteiger partial charge on any atom is -0.0614 e. The van der Waals surface area contributed by atoms with E-state index in [1.165, 1.54) is 53.0 Å². The lowest BCUT2D eigenvalue weighted by molar-refractivity contribution is 0.952. The number of hydrogen-bond donors (Lipinski definition) is 0. The van der Waals surface area contributed by atoms with Crippen molar-refractivity contribution in [1.82, 2.24) is 0 Å². The van der Waals surface area contributed by atoms with E-state index in [9.17, 15) is 0 Å². The standard InChI is InChI=1S/C20H14/c1-3-13-5-6-14-4-2-12-8-10-16-15-9-7-11(1)17(15)19(13)20(14)18(12)16/h1,3,5-7,9H,2,4,8,10H2. The third kappa shape index (κ3) is 0.895. The predicted molar refractivity (Wildman–Crippen MR) is 85.7 cm³/mol. The van der Waals surface area contributed by atoms with Crippen molar-refractivity contribution in [2.45, 2.75) is 25.7 Å². The molecule has 0 heterocycles. The van der Waals surface area contributed by atoms with Gasteiger partial charge in [-0.2, -0.15) is 0 Å². The zero-order valence-electron chi connectivity index (χ0n) is 11.3. The van der Waals surface area contributed by atoms with Gasteiger partial charge in [-0.1, -0.05) is 42.0 Å². The van der Waals surface area contributed by atoms with Gasteiger partial charge >= 0.3 is 0 Å². The average Bonchev–Trinajstić information content (AvgIpc) is 3.09. The second-order valence-corrected chi connectivity index (χ2v) is 6.43. The van der Waals surface area contributed by atoms with Crippen molar-refractivity contribution in [3.05, 3.63) is 51.7 Å². The fourth-order valence-electron chi connectivity index (χ4n) is 4.78. The van der Waals surface area contributed by atoms with Gasteiger partial charge in [0.1, 0.15) is 0 Å². The molecule has 3 aliphatic rings. The summed E-state index contributed by atoms with van der Waals surface area (Å²) in [6.45, 7) is 0. The Morgan fingerprint density at radius 3 is 2.60 bits per heavy atom. The molecule has 0 radical (unpaired) electrons. The molecule has 0 aliphatic heterocycles. The summed E-state index contributed by atoms with van der Waals surface area (Å²) in [4.78, 5) is 0. The third-order valence-electron chi connectivity index (χ3n) is 5.61. The van der Waals surface area contributed by atoms with Gasteiger partial charge in [-0.05, 0) is 74.7 Å². The van der Waals surface area contributed by atoms with Crippen LogP contribution in [0.2, 0.25) is 0 Å². The van der Waals surface area contributed by atoms with Gasteiger partial charge in [-0.15, -0.1) is 0 Å². The average molecular weight is 254 g/mol. The normalized spacial score (nSPS) is 17.9. The number of hydrogen-bond acceptors (Lipinski definition) is 0. The minimum atomic E-state index is 1.24. The zero-order chi connectivity index (χ0) is 12.8. The molecular formula is C20H14. The first-order valence-electron chi connectivity index (χ1n) is 7.65. The van der Waals surface area contributed by atoms with Crippen molar-refractivity contribution in [3.63, 3.8) is 0 Å². The SMILES string of the molecule is C1=Cc2c3c4c5c(ccc6ccc1c2c65)CCC=4CC3. The summed E-state index contributed by atoms with van der Waals surface area (Å²) < 4.78 is 0. The second-order valence-electron chi connectivity index (χ2n) is 6.43. The molecular weight excluding hydrogens is 240 g/mol. The summed E-state index contributed by atoms with van der Waals surface area (Å²) >= 11 is 0. The molecule has 0 saturated heterocycles. The van der Waals surface area contributed by atoms with Crippen LogP contribution in [0.5, 0.6) is 0 Å². The monoisotopic (exact) mass is 254 g/mol. The summed E-state index contributed by atoms with van der Waals surface area (Å²) in [7, 11) is 0. The molecule has 0 heteroatoms. The molecule has 0 fully saturated rings. The van der Waals surface area contributed by atoms with Crippen LogP contribution < -0.4 is 5.22 Å². The largest absolute Gasteiger partial charge is 0.0614 e. The molecule has 3 aliphatic carbocycles. The lowest BCUT2D eigenvalue weighted by atomic mass is 9.85. The first-order chi connectivity index (χ1) is 9.92. The van der Waals surface area contributed by atoms with Crippen LogP contribution in [0, 0.1) is 0 Å². The Kier molecular flexibility index (Phi) is 1.46. The highest BCUT2D eigenvalue weighted by Gasteiger charge is 2.26. The summed E-state index contributed by atoms with van der Waals surface area (Å²) in [5, 5.41) is 7.73. The summed E-state index contributed by atoms with van der Waals surface area (Å²) in [5.74, 6) is 0. The second kappa shape index (κ2) is 2.98. The molecule has 94 valence electrons. The molecule has 0 nitrogen and oxygen atoms in total. The predicted octanol–water partition coefficient (Wildman–Crippen LogP) is 4.24. The van der Waals surface area contributed by atoms with Crippen LogP contribution >= 0.6 is 0 Å². The van der Waals surface area contributed by atoms with Crippen molar-refractivity contribution >= 4 is 39.3 Å². The van der Waals surface area contributed by atoms with Crippen LogP contribution in [0.4, 0.5) is 0 Å². The Hall–Kier alpha value is -2.08. The molecule has 3 aromatic carbocycles. The first-order valence-corrected chi connectivity index (χ1v) is 7.65. The highest BCUT2D eigenvalue weighted by Crippen LogP contribution is 2.42. The molecule has 0 atom stereocenters. The van der Waals surface area contributed by atoms with Crippen LogP contribution in [0.3, 0.4) is 0 Å². The number of aryl methyl sites for hydroxylation is 1. The Labute approximate surface area is 117 Å². The van der Waals surface area contributed by atoms with Gasteiger partial charge in [-0.3, -0.25) is 0 Å². The highest BCUT2D eigenvalue weighted by atomic mass is 14.3. The Balaban J connectivity index is 2.11. The van der Waals surface area contributed by atoms with Gasteiger partial charge in [0, 0.05) is 0 Å². The lowest BCUT2D eigenvalue weighted by Gasteiger charge is -2.19. The van der Waals surface area contributed by atoms with Gasteiger partial charge in [0.15, 0.2) is 0 Å². The van der Waals surface area contributed by atoms with Crippen molar-refractivity contribution in [1.29, 1.82) is 0 Å². The van der Waals surface area contributed by atoms with E-state index in [4.69, 9.17) is 0 Å². The van der Waals surface area contributed by atoms with E-state index in [2.05, 4.69) is 36.4 Å². The molecule has 6 rings (SSSR count). The van der Waals surface area contributed by atoms with Crippen LogP contribution in [-0.4, -0.2) is 0 Å². The van der Waals surface area contributed by atoms with Crippen LogP contribution in [0.1, 0.15) is 35.1 Å². The quantitative estimate of drug-likeness (QED) is 0.440. The molecule has 0 amide bonds. The topological polar surface area (TPSA) is 0 Å². The molecule has 0 N–H and O–H groups in total. The van der Waals surface area contributed by atoms with E-state index in [1.807, 2.05) is 0 Å². The molecule has 0 spiro atoms. The number of rotatable bonds is 0. The highest BCUT2D eigenvalue weighted by molar-refractivity contribution is 6.20. The summed E-state index contributed by atoms with van der Waals surface area (Å²) in [6, 6.07) is 9.30. The Morgan fingerprint density at radius 1 is 0.700 bits per heavy atom. The van der Waals surface area contributed by atoms with E-state index in [0.29, 0.717) is 0 Å². The smallest absolute Gasteiger partial charge is 0.00178 e. The van der Waals surface area contributed by atoms with Gasteiger partial charge in [-0.25, -0.2) is 0 Å².